The number of rotatable bonds is 13. The van der Waals surface area contributed by atoms with Crippen LogP contribution < -0.4 is 22.1 Å². The van der Waals surface area contributed by atoms with Gasteiger partial charge in [-0.2, -0.15) is 0 Å². The van der Waals surface area contributed by atoms with Crippen molar-refractivity contribution >= 4 is 29.7 Å². The number of carbonyl (C=O) groups excluding carboxylic acids is 3. The highest BCUT2D eigenvalue weighted by Gasteiger charge is 2.38. The lowest BCUT2D eigenvalue weighted by Crippen LogP contribution is -2.58. The fraction of sp³-hybridized carbons (Fsp3) is 0.722. The SMILES string of the molecule is NCCCCC(NC(=O)C(CO)NC(=O)C(N)CC(=O)O)C(=O)N1CCCC1C(=O)O. The number of hydrogen-bond acceptors (Lipinski definition) is 8. The van der Waals surface area contributed by atoms with E-state index >= 15 is 0 Å². The molecule has 1 rings (SSSR count). The van der Waals surface area contributed by atoms with Crippen molar-refractivity contribution < 1.29 is 39.3 Å². The van der Waals surface area contributed by atoms with E-state index in [1.54, 1.807) is 0 Å². The maximum atomic E-state index is 12.9. The Hall–Kier alpha value is -2.77. The minimum Gasteiger partial charge on any atom is -0.481 e. The quantitative estimate of drug-likeness (QED) is 0.142. The molecule has 0 spiro atoms. The van der Waals surface area contributed by atoms with Crippen LogP contribution in [0.25, 0.3) is 0 Å². The van der Waals surface area contributed by atoms with Crippen LogP contribution in [0.5, 0.6) is 0 Å². The standard InChI is InChI=1S/C18H31N5O8/c19-6-2-1-4-11(17(29)23-7-3-5-13(23)18(30)31)21-16(28)12(9-24)22-15(27)10(20)8-14(25)26/h10-13,24H,1-9,19-20H2,(H,21,28)(H,22,27)(H,25,26)(H,30,31). The highest BCUT2D eigenvalue weighted by atomic mass is 16.4. The van der Waals surface area contributed by atoms with Gasteiger partial charge in [-0.3, -0.25) is 19.2 Å². The summed E-state index contributed by atoms with van der Waals surface area (Å²) < 4.78 is 0. The Bertz CT molecular complexity index is 673. The summed E-state index contributed by atoms with van der Waals surface area (Å²) in [4.78, 5) is 60.7. The molecule has 1 saturated heterocycles. The van der Waals surface area contributed by atoms with Crippen LogP contribution in [0.1, 0.15) is 38.5 Å². The fourth-order valence-electron chi connectivity index (χ4n) is 3.26. The molecule has 13 heteroatoms. The van der Waals surface area contributed by atoms with Crippen LogP contribution in [0.15, 0.2) is 0 Å². The molecule has 0 aromatic heterocycles. The summed E-state index contributed by atoms with van der Waals surface area (Å²) in [6, 6.07) is -4.95. The number of nitrogens with two attached hydrogens (primary N) is 2. The van der Waals surface area contributed by atoms with Gasteiger partial charge in [-0.1, -0.05) is 0 Å². The molecule has 4 unspecified atom stereocenters. The number of amides is 3. The molecule has 4 atom stereocenters. The number of aliphatic hydroxyl groups excluding tert-OH is 1. The Kier molecular flexibility index (Phi) is 10.9. The molecule has 1 heterocycles. The Morgan fingerprint density at radius 3 is 2.23 bits per heavy atom. The van der Waals surface area contributed by atoms with E-state index in [1.165, 1.54) is 4.90 Å². The highest BCUT2D eigenvalue weighted by Crippen LogP contribution is 2.20. The Morgan fingerprint density at radius 2 is 1.68 bits per heavy atom. The second-order valence-electron chi connectivity index (χ2n) is 7.32. The fourth-order valence-corrected chi connectivity index (χ4v) is 3.26. The molecule has 1 aliphatic heterocycles. The van der Waals surface area contributed by atoms with E-state index in [4.69, 9.17) is 16.6 Å². The summed E-state index contributed by atoms with van der Waals surface area (Å²) >= 11 is 0. The summed E-state index contributed by atoms with van der Waals surface area (Å²) in [5.41, 5.74) is 10.9. The molecule has 0 aliphatic carbocycles. The molecule has 176 valence electrons. The van der Waals surface area contributed by atoms with Crippen molar-refractivity contribution in [2.45, 2.75) is 62.7 Å². The number of carboxylic acids is 2. The Morgan fingerprint density at radius 1 is 1.03 bits per heavy atom. The van der Waals surface area contributed by atoms with E-state index in [1.807, 2.05) is 0 Å². The molecule has 0 aromatic rings. The summed E-state index contributed by atoms with van der Waals surface area (Å²) in [6.45, 7) is -0.209. The first-order valence-corrected chi connectivity index (χ1v) is 10.0. The van der Waals surface area contributed by atoms with Gasteiger partial charge in [0.2, 0.25) is 17.7 Å². The first-order chi connectivity index (χ1) is 14.6. The average Bonchev–Trinajstić information content (AvgIpc) is 3.20. The van der Waals surface area contributed by atoms with Crippen LogP contribution >= 0.6 is 0 Å². The lowest BCUT2D eigenvalue weighted by molar-refractivity contribution is -0.149. The van der Waals surface area contributed by atoms with E-state index in [9.17, 15) is 34.2 Å². The van der Waals surface area contributed by atoms with Crippen LogP contribution in [0.4, 0.5) is 0 Å². The lowest BCUT2D eigenvalue weighted by Gasteiger charge is -2.28. The largest absolute Gasteiger partial charge is 0.481 e. The van der Waals surface area contributed by atoms with Crippen molar-refractivity contribution in [1.29, 1.82) is 0 Å². The molecule has 9 N–H and O–H groups in total. The van der Waals surface area contributed by atoms with Crippen molar-refractivity contribution in [3.63, 3.8) is 0 Å². The predicted octanol–water partition coefficient (Wildman–Crippen LogP) is -3.05. The number of carboxylic acid groups (broad SMARTS) is 2. The lowest BCUT2D eigenvalue weighted by atomic mass is 10.1. The van der Waals surface area contributed by atoms with Gasteiger partial charge in [0, 0.05) is 6.54 Å². The summed E-state index contributed by atoms with van der Waals surface area (Å²) in [5.74, 6) is -4.84. The maximum absolute atomic E-state index is 12.9. The Labute approximate surface area is 179 Å². The maximum Gasteiger partial charge on any atom is 0.326 e. The molecule has 0 bridgehead atoms. The van der Waals surface area contributed by atoms with Gasteiger partial charge >= 0.3 is 11.9 Å². The first kappa shape index (κ1) is 26.3. The third kappa shape index (κ3) is 8.11. The molecule has 1 aliphatic rings. The van der Waals surface area contributed by atoms with Crippen LogP contribution in [-0.2, 0) is 24.0 Å². The molecule has 0 saturated carbocycles. The van der Waals surface area contributed by atoms with Crippen molar-refractivity contribution in [2.24, 2.45) is 11.5 Å². The smallest absolute Gasteiger partial charge is 0.326 e. The van der Waals surface area contributed by atoms with Crippen LogP contribution in [0.2, 0.25) is 0 Å². The van der Waals surface area contributed by atoms with Crippen LogP contribution in [-0.4, -0.2) is 93.7 Å². The zero-order chi connectivity index (χ0) is 23.6. The van der Waals surface area contributed by atoms with Crippen molar-refractivity contribution in [2.75, 3.05) is 19.7 Å². The van der Waals surface area contributed by atoms with Crippen LogP contribution in [0.3, 0.4) is 0 Å². The molecular weight excluding hydrogens is 414 g/mol. The van der Waals surface area contributed by atoms with Crippen LogP contribution in [0, 0.1) is 0 Å². The second kappa shape index (κ2) is 12.8. The second-order valence-corrected chi connectivity index (χ2v) is 7.32. The summed E-state index contributed by atoms with van der Waals surface area (Å²) in [7, 11) is 0. The molecule has 1 fully saturated rings. The monoisotopic (exact) mass is 445 g/mol. The number of nitrogens with one attached hydrogen (secondary N) is 2. The van der Waals surface area contributed by atoms with E-state index in [0.717, 1.165) is 0 Å². The number of carbonyl (C=O) groups is 5. The predicted molar refractivity (Wildman–Crippen MR) is 106 cm³/mol. The normalized spacial score (nSPS) is 18.7. The third-order valence-corrected chi connectivity index (χ3v) is 4.93. The molecule has 0 radical (unpaired) electrons. The number of nitrogens with zero attached hydrogens (tertiary/aromatic N) is 1. The third-order valence-electron chi connectivity index (χ3n) is 4.93. The van der Waals surface area contributed by atoms with E-state index in [0.29, 0.717) is 32.2 Å². The van der Waals surface area contributed by atoms with Gasteiger partial charge in [-0.05, 0) is 38.6 Å². The summed E-state index contributed by atoms with van der Waals surface area (Å²) in [5, 5.41) is 32.1. The summed E-state index contributed by atoms with van der Waals surface area (Å²) in [6.07, 6.45) is 1.40. The van der Waals surface area contributed by atoms with Gasteiger partial charge in [0.25, 0.3) is 0 Å². The topological polar surface area (TPSA) is 225 Å². The molecule has 31 heavy (non-hydrogen) atoms. The zero-order valence-electron chi connectivity index (χ0n) is 17.2. The molecular formula is C18H31N5O8. The number of hydrogen-bond donors (Lipinski definition) is 7. The molecule has 3 amide bonds. The average molecular weight is 445 g/mol. The number of likely N-dealkylation sites (tertiary alicyclic amines) is 1. The van der Waals surface area contributed by atoms with E-state index < -0.39 is 66.9 Å². The highest BCUT2D eigenvalue weighted by molar-refractivity contribution is 5.95. The minimum atomic E-state index is -1.47. The van der Waals surface area contributed by atoms with E-state index in [2.05, 4.69) is 10.6 Å². The van der Waals surface area contributed by atoms with Gasteiger partial charge in [0.15, 0.2) is 0 Å². The van der Waals surface area contributed by atoms with Gasteiger partial charge in [0.1, 0.15) is 18.1 Å². The Balaban J connectivity index is 2.87. The van der Waals surface area contributed by atoms with Gasteiger partial charge < -0.3 is 42.3 Å². The molecule has 13 nitrogen and oxygen atoms in total. The van der Waals surface area contributed by atoms with Crippen molar-refractivity contribution in [3.8, 4) is 0 Å². The van der Waals surface area contributed by atoms with Crippen molar-refractivity contribution in [1.82, 2.24) is 15.5 Å². The van der Waals surface area contributed by atoms with Crippen molar-refractivity contribution in [3.05, 3.63) is 0 Å². The first-order valence-electron chi connectivity index (χ1n) is 10.0. The number of aliphatic carboxylic acids is 2. The van der Waals surface area contributed by atoms with Gasteiger partial charge in [0.05, 0.1) is 19.1 Å². The number of aliphatic hydroxyl groups is 1. The zero-order valence-corrected chi connectivity index (χ0v) is 17.2. The molecule has 0 aromatic carbocycles. The van der Waals surface area contributed by atoms with Gasteiger partial charge in [-0.15, -0.1) is 0 Å². The minimum absolute atomic E-state index is 0.190. The van der Waals surface area contributed by atoms with E-state index in [-0.39, 0.29) is 13.0 Å². The number of unbranched alkanes of at least 4 members (excludes halogenated alkanes) is 1. The van der Waals surface area contributed by atoms with Gasteiger partial charge in [-0.25, -0.2) is 4.79 Å².